The van der Waals surface area contributed by atoms with Gasteiger partial charge in [0.2, 0.25) is 5.91 Å². The van der Waals surface area contributed by atoms with Crippen molar-refractivity contribution in [2.24, 2.45) is 0 Å². The van der Waals surface area contributed by atoms with Crippen LogP contribution in [0, 0.1) is 5.82 Å². The molecule has 1 amide bonds. The number of anilines is 1. The highest BCUT2D eigenvalue weighted by Crippen LogP contribution is 2.37. The number of esters is 2. The number of para-hydroxylation sites is 1. The number of rotatable bonds is 6. The summed E-state index contributed by atoms with van der Waals surface area (Å²) < 4.78 is 25.4. The Morgan fingerprint density at radius 2 is 1.94 bits per heavy atom. The first-order valence-corrected chi connectivity index (χ1v) is 11.3. The Balaban J connectivity index is 1.50. The van der Waals surface area contributed by atoms with Crippen molar-refractivity contribution in [3.8, 4) is 0 Å². The fourth-order valence-corrected chi connectivity index (χ4v) is 5.47. The highest BCUT2D eigenvalue weighted by Gasteiger charge is 2.30. The van der Waals surface area contributed by atoms with Crippen LogP contribution in [0.1, 0.15) is 28.6 Å². The zero-order chi connectivity index (χ0) is 22.0. The van der Waals surface area contributed by atoms with Gasteiger partial charge in [-0.3, -0.25) is 9.59 Å². The highest BCUT2D eigenvalue weighted by molar-refractivity contribution is 8.01. The van der Waals surface area contributed by atoms with Crippen LogP contribution in [0.2, 0.25) is 0 Å². The fourth-order valence-electron chi connectivity index (χ4n) is 3.26. The Labute approximate surface area is 185 Å². The van der Waals surface area contributed by atoms with Gasteiger partial charge in [-0.1, -0.05) is 18.2 Å². The molecule has 160 valence electrons. The molecule has 1 aliphatic heterocycles. The third-order valence-electron chi connectivity index (χ3n) is 4.66. The predicted molar refractivity (Wildman–Crippen MR) is 117 cm³/mol. The third kappa shape index (κ3) is 4.42. The van der Waals surface area contributed by atoms with E-state index in [4.69, 9.17) is 9.47 Å². The van der Waals surface area contributed by atoms with E-state index < -0.39 is 23.0 Å². The van der Waals surface area contributed by atoms with Gasteiger partial charge in [-0.25, -0.2) is 9.18 Å². The number of thiophene rings is 1. The van der Waals surface area contributed by atoms with Crippen LogP contribution in [0.25, 0.3) is 10.1 Å². The second-order valence-electron chi connectivity index (χ2n) is 6.70. The molecule has 2 heterocycles. The summed E-state index contributed by atoms with van der Waals surface area (Å²) in [6, 6.07) is 11.9. The summed E-state index contributed by atoms with van der Waals surface area (Å²) in [5.41, 5.74) is 0.984. The van der Waals surface area contributed by atoms with Crippen LogP contribution >= 0.6 is 23.1 Å². The number of thioether (sulfide) groups is 1. The minimum Gasteiger partial charge on any atom is -0.462 e. The molecule has 1 unspecified atom stereocenters. The van der Waals surface area contributed by atoms with E-state index in [2.05, 4.69) is 5.32 Å². The Bertz CT molecular complexity index is 1180. The monoisotopic (exact) mass is 459 g/mol. The van der Waals surface area contributed by atoms with Crippen LogP contribution in [0.3, 0.4) is 0 Å². The van der Waals surface area contributed by atoms with Crippen LogP contribution < -0.4 is 5.32 Å². The number of carbonyl (C=O) groups is 3. The molecular weight excluding hydrogens is 441 g/mol. The molecule has 1 N–H and O–H groups in total. The van der Waals surface area contributed by atoms with Gasteiger partial charge < -0.3 is 14.8 Å². The average molecular weight is 460 g/mol. The van der Waals surface area contributed by atoms with Crippen molar-refractivity contribution in [3.05, 3.63) is 58.7 Å². The summed E-state index contributed by atoms with van der Waals surface area (Å²) in [5, 5.41) is 2.38. The minimum atomic E-state index is -0.636. The quantitative estimate of drug-likeness (QED) is 0.535. The maximum atomic E-state index is 14.5. The standard InChI is InChI=1S/C22H18FNO5S2/c1-2-28-22(27)20-12(19-13(23)6-5-9-16(19)31-20)11-29-18(25)10-17-21(26)24-14-7-3-4-8-15(14)30-17/h3-9,17H,2,10-11H2,1H3,(H,24,26). The van der Waals surface area contributed by atoms with Gasteiger partial charge in [0.25, 0.3) is 0 Å². The third-order valence-corrected chi connectivity index (χ3v) is 7.11. The summed E-state index contributed by atoms with van der Waals surface area (Å²) in [4.78, 5) is 38.2. The van der Waals surface area contributed by atoms with E-state index in [0.29, 0.717) is 10.4 Å². The SMILES string of the molecule is CCOC(=O)c1sc2cccc(F)c2c1COC(=O)CC1Sc2ccccc2NC1=O. The number of carbonyl (C=O) groups excluding carboxylic acids is 3. The summed E-state index contributed by atoms with van der Waals surface area (Å²) in [6.45, 7) is 1.56. The van der Waals surface area contributed by atoms with E-state index in [1.807, 2.05) is 18.2 Å². The van der Waals surface area contributed by atoms with Crippen LogP contribution in [0.15, 0.2) is 47.4 Å². The van der Waals surface area contributed by atoms with Crippen molar-refractivity contribution in [2.45, 2.75) is 30.1 Å². The number of benzene rings is 2. The summed E-state index contributed by atoms with van der Waals surface area (Å²) in [7, 11) is 0. The molecule has 0 saturated heterocycles. The van der Waals surface area contributed by atoms with Crippen molar-refractivity contribution >= 4 is 56.7 Å². The van der Waals surface area contributed by atoms with Gasteiger partial charge in [0.05, 0.1) is 24.0 Å². The number of hydrogen-bond acceptors (Lipinski definition) is 7. The smallest absolute Gasteiger partial charge is 0.348 e. The van der Waals surface area contributed by atoms with E-state index in [1.165, 1.54) is 17.8 Å². The number of ether oxygens (including phenoxy) is 2. The number of fused-ring (bicyclic) bond motifs is 2. The van der Waals surface area contributed by atoms with Gasteiger partial charge in [-0.15, -0.1) is 23.1 Å². The van der Waals surface area contributed by atoms with Gasteiger partial charge in [0.1, 0.15) is 17.3 Å². The van der Waals surface area contributed by atoms with Crippen LogP contribution in [0.4, 0.5) is 10.1 Å². The van der Waals surface area contributed by atoms with Crippen molar-refractivity contribution in [2.75, 3.05) is 11.9 Å². The average Bonchev–Trinajstić information content (AvgIpc) is 3.13. The van der Waals surface area contributed by atoms with Gasteiger partial charge in [-0.05, 0) is 31.2 Å². The van der Waals surface area contributed by atoms with Gasteiger partial charge in [0.15, 0.2) is 0 Å². The molecule has 0 fully saturated rings. The van der Waals surface area contributed by atoms with Crippen LogP contribution in [-0.2, 0) is 25.7 Å². The van der Waals surface area contributed by atoms with E-state index in [0.717, 1.165) is 16.2 Å². The molecule has 0 aliphatic carbocycles. The maximum Gasteiger partial charge on any atom is 0.348 e. The summed E-state index contributed by atoms with van der Waals surface area (Å²) >= 11 is 2.38. The lowest BCUT2D eigenvalue weighted by Gasteiger charge is -2.23. The second-order valence-corrected chi connectivity index (χ2v) is 9.00. The molecule has 6 nitrogen and oxygen atoms in total. The first kappa shape index (κ1) is 21.3. The maximum absolute atomic E-state index is 14.5. The summed E-state index contributed by atoms with van der Waals surface area (Å²) in [5.74, 6) is -1.99. The minimum absolute atomic E-state index is 0.149. The molecule has 1 aromatic heterocycles. The number of hydrogen-bond donors (Lipinski definition) is 1. The lowest BCUT2D eigenvalue weighted by atomic mass is 10.1. The molecular formula is C22H18FNO5S2. The number of halogens is 1. The first-order chi connectivity index (χ1) is 15.0. The largest absolute Gasteiger partial charge is 0.462 e. The molecule has 0 spiro atoms. The Kier molecular flexibility index (Phi) is 6.24. The Morgan fingerprint density at radius 3 is 2.74 bits per heavy atom. The zero-order valence-electron chi connectivity index (χ0n) is 16.5. The molecule has 0 bridgehead atoms. The Hall–Kier alpha value is -2.91. The zero-order valence-corrected chi connectivity index (χ0v) is 18.1. The summed E-state index contributed by atoms with van der Waals surface area (Å²) in [6.07, 6.45) is -0.149. The topological polar surface area (TPSA) is 81.7 Å². The van der Waals surface area contributed by atoms with E-state index in [9.17, 15) is 18.8 Å². The van der Waals surface area contributed by atoms with Gasteiger partial charge >= 0.3 is 11.9 Å². The van der Waals surface area contributed by atoms with E-state index in [-0.39, 0.29) is 41.4 Å². The predicted octanol–water partition coefficient (Wildman–Crippen LogP) is 4.76. The molecule has 2 aromatic carbocycles. The molecule has 0 saturated carbocycles. The lowest BCUT2D eigenvalue weighted by Crippen LogP contribution is -2.31. The van der Waals surface area contributed by atoms with Gasteiger partial charge in [-0.2, -0.15) is 0 Å². The van der Waals surface area contributed by atoms with Crippen molar-refractivity contribution in [1.29, 1.82) is 0 Å². The molecule has 1 aliphatic rings. The first-order valence-electron chi connectivity index (χ1n) is 9.57. The van der Waals surface area contributed by atoms with Crippen LogP contribution in [0.5, 0.6) is 0 Å². The van der Waals surface area contributed by atoms with Gasteiger partial charge in [0, 0.05) is 20.5 Å². The Morgan fingerprint density at radius 1 is 1.13 bits per heavy atom. The molecule has 9 heteroatoms. The molecule has 4 rings (SSSR count). The molecule has 31 heavy (non-hydrogen) atoms. The fraction of sp³-hybridized carbons (Fsp3) is 0.227. The van der Waals surface area contributed by atoms with E-state index in [1.54, 1.807) is 25.1 Å². The van der Waals surface area contributed by atoms with Crippen molar-refractivity contribution in [3.63, 3.8) is 0 Å². The van der Waals surface area contributed by atoms with E-state index >= 15 is 0 Å². The normalized spacial score (nSPS) is 15.3. The van der Waals surface area contributed by atoms with Crippen LogP contribution in [-0.4, -0.2) is 29.7 Å². The molecule has 0 radical (unpaired) electrons. The van der Waals surface area contributed by atoms with Crippen molar-refractivity contribution in [1.82, 2.24) is 0 Å². The molecule has 3 aromatic rings. The highest BCUT2D eigenvalue weighted by atomic mass is 32.2. The molecule has 1 atom stereocenters. The second kappa shape index (κ2) is 9.07. The van der Waals surface area contributed by atoms with Crippen molar-refractivity contribution < 1.29 is 28.2 Å². The lowest BCUT2D eigenvalue weighted by molar-refractivity contribution is -0.145. The number of nitrogens with one attached hydrogen (secondary N) is 1. The number of amides is 1.